The second-order valence-electron chi connectivity index (χ2n) is 3.94. The molecule has 0 bridgehead atoms. The molecule has 2 rings (SSSR count). The molecule has 16 heavy (non-hydrogen) atoms. The van der Waals surface area contributed by atoms with Crippen LogP contribution in [0.15, 0.2) is 0 Å². The standard InChI is InChI=1S/C9H13Cl2N5/c1-16-4-2-6(3-5-16)12-8-7(10)14-15-9(11)13-8/h6H,2-5H2,1H3,(H,12,13,15). The maximum Gasteiger partial charge on any atom is 0.245 e. The maximum absolute atomic E-state index is 5.88. The first-order chi connectivity index (χ1) is 7.65. The average Bonchev–Trinajstić information content (AvgIpc) is 2.27. The Kier molecular flexibility index (Phi) is 3.78. The van der Waals surface area contributed by atoms with Gasteiger partial charge in [0.05, 0.1) is 0 Å². The third kappa shape index (κ3) is 2.93. The first-order valence-corrected chi connectivity index (χ1v) is 5.91. The maximum atomic E-state index is 5.88. The van der Waals surface area contributed by atoms with E-state index in [2.05, 4.69) is 32.4 Å². The van der Waals surface area contributed by atoms with Gasteiger partial charge >= 0.3 is 0 Å². The Balaban J connectivity index is 2.00. The summed E-state index contributed by atoms with van der Waals surface area (Å²) in [7, 11) is 2.12. The molecule has 2 heterocycles. The summed E-state index contributed by atoms with van der Waals surface area (Å²) in [6, 6.07) is 0.376. The summed E-state index contributed by atoms with van der Waals surface area (Å²) in [5.41, 5.74) is 0. The molecule has 0 aromatic carbocycles. The van der Waals surface area contributed by atoms with Gasteiger partial charge in [0, 0.05) is 6.04 Å². The Hall–Kier alpha value is -0.650. The SMILES string of the molecule is CN1CCC(Nc2nc(Cl)nnc2Cl)CC1. The molecule has 7 heteroatoms. The Morgan fingerprint density at radius 2 is 1.94 bits per heavy atom. The van der Waals surface area contributed by atoms with Crippen LogP contribution in [0.2, 0.25) is 10.4 Å². The number of anilines is 1. The Morgan fingerprint density at radius 3 is 2.62 bits per heavy atom. The summed E-state index contributed by atoms with van der Waals surface area (Å²) in [6.07, 6.45) is 2.13. The lowest BCUT2D eigenvalue weighted by Gasteiger charge is -2.29. The molecule has 0 amide bonds. The van der Waals surface area contributed by atoms with Crippen molar-refractivity contribution in [2.45, 2.75) is 18.9 Å². The molecule has 1 fully saturated rings. The molecule has 1 saturated heterocycles. The summed E-state index contributed by atoms with van der Waals surface area (Å²) < 4.78 is 0. The van der Waals surface area contributed by atoms with Gasteiger partial charge in [-0.15, -0.1) is 10.2 Å². The molecule has 0 aliphatic carbocycles. The smallest absolute Gasteiger partial charge is 0.245 e. The third-order valence-corrected chi connectivity index (χ3v) is 3.09. The van der Waals surface area contributed by atoms with E-state index in [1.165, 1.54) is 0 Å². The van der Waals surface area contributed by atoms with E-state index in [4.69, 9.17) is 23.2 Å². The van der Waals surface area contributed by atoms with E-state index >= 15 is 0 Å². The molecule has 1 aliphatic rings. The number of aromatic nitrogens is 3. The van der Waals surface area contributed by atoms with E-state index in [1.54, 1.807) is 0 Å². The zero-order valence-corrected chi connectivity index (χ0v) is 10.5. The van der Waals surface area contributed by atoms with Crippen molar-refractivity contribution in [3.8, 4) is 0 Å². The summed E-state index contributed by atoms with van der Waals surface area (Å²) >= 11 is 11.5. The molecular formula is C9H13Cl2N5. The summed E-state index contributed by atoms with van der Waals surface area (Å²) in [4.78, 5) is 6.32. The summed E-state index contributed by atoms with van der Waals surface area (Å²) in [6.45, 7) is 2.14. The summed E-state index contributed by atoms with van der Waals surface area (Å²) in [5.74, 6) is 0.524. The van der Waals surface area contributed by atoms with Crippen LogP contribution in [-0.4, -0.2) is 46.3 Å². The number of hydrogen-bond acceptors (Lipinski definition) is 5. The Labute approximate surface area is 104 Å². The molecule has 0 saturated carbocycles. The molecule has 0 spiro atoms. The monoisotopic (exact) mass is 261 g/mol. The van der Waals surface area contributed by atoms with Crippen LogP contribution in [0.1, 0.15) is 12.8 Å². The van der Waals surface area contributed by atoms with Gasteiger partial charge in [-0.2, -0.15) is 4.98 Å². The zero-order chi connectivity index (χ0) is 11.5. The van der Waals surface area contributed by atoms with Crippen LogP contribution >= 0.6 is 23.2 Å². The lowest BCUT2D eigenvalue weighted by atomic mass is 10.1. The molecular weight excluding hydrogens is 249 g/mol. The number of nitrogens with one attached hydrogen (secondary N) is 1. The number of rotatable bonds is 2. The van der Waals surface area contributed by atoms with Crippen molar-refractivity contribution in [1.29, 1.82) is 0 Å². The fourth-order valence-corrected chi connectivity index (χ4v) is 1.99. The van der Waals surface area contributed by atoms with Crippen molar-refractivity contribution in [2.24, 2.45) is 0 Å². The van der Waals surface area contributed by atoms with Crippen LogP contribution in [-0.2, 0) is 0 Å². The Morgan fingerprint density at radius 1 is 1.25 bits per heavy atom. The average molecular weight is 262 g/mol. The first-order valence-electron chi connectivity index (χ1n) is 5.16. The predicted octanol–water partition coefficient (Wildman–Crippen LogP) is 1.68. The first kappa shape index (κ1) is 11.8. The zero-order valence-electron chi connectivity index (χ0n) is 8.95. The molecule has 1 N–H and O–H groups in total. The number of likely N-dealkylation sites (tertiary alicyclic amines) is 1. The second-order valence-corrected chi connectivity index (χ2v) is 4.64. The molecule has 0 radical (unpaired) electrons. The van der Waals surface area contributed by atoms with Gasteiger partial charge in [0.1, 0.15) is 0 Å². The van der Waals surface area contributed by atoms with E-state index in [0.717, 1.165) is 25.9 Å². The number of nitrogens with zero attached hydrogens (tertiary/aromatic N) is 4. The highest BCUT2D eigenvalue weighted by Crippen LogP contribution is 2.20. The molecule has 1 aromatic heterocycles. The van der Waals surface area contributed by atoms with E-state index in [1.807, 2.05) is 0 Å². The van der Waals surface area contributed by atoms with Crippen molar-refractivity contribution in [3.63, 3.8) is 0 Å². The number of piperidine rings is 1. The number of hydrogen-bond donors (Lipinski definition) is 1. The second kappa shape index (κ2) is 5.12. The van der Waals surface area contributed by atoms with Crippen molar-refractivity contribution in [3.05, 3.63) is 10.4 Å². The summed E-state index contributed by atoms with van der Waals surface area (Å²) in [5, 5.41) is 10.9. The fourth-order valence-electron chi connectivity index (χ4n) is 1.73. The van der Waals surface area contributed by atoms with Gasteiger partial charge < -0.3 is 10.2 Å². The lowest BCUT2D eigenvalue weighted by molar-refractivity contribution is 0.263. The van der Waals surface area contributed by atoms with Crippen molar-refractivity contribution >= 4 is 29.0 Å². The van der Waals surface area contributed by atoms with Crippen LogP contribution < -0.4 is 5.32 Å². The lowest BCUT2D eigenvalue weighted by Crippen LogP contribution is -2.37. The molecule has 0 atom stereocenters. The molecule has 88 valence electrons. The van der Waals surface area contributed by atoms with E-state index in [-0.39, 0.29) is 10.4 Å². The van der Waals surface area contributed by atoms with Crippen molar-refractivity contribution in [2.75, 3.05) is 25.5 Å². The van der Waals surface area contributed by atoms with Gasteiger partial charge in [-0.25, -0.2) is 0 Å². The third-order valence-electron chi connectivity index (χ3n) is 2.68. The minimum atomic E-state index is 0.111. The highest BCUT2D eigenvalue weighted by atomic mass is 35.5. The van der Waals surface area contributed by atoms with Crippen LogP contribution in [0.3, 0.4) is 0 Å². The van der Waals surface area contributed by atoms with Crippen LogP contribution in [0, 0.1) is 0 Å². The van der Waals surface area contributed by atoms with E-state index in [9.17, 15) is 0 Å². The highest BCUT2D eigenvalue weighted by molar-refractivity contribution is 6.32. The number of halogens is 2. The van der Waals surface area contributed by atoms with E-state index in [0.29, 0.717) is 11.9 Å². The van der Waals surface area contributed by atoms with Crippen molar-refractivity contribution < 1.29 is 0 Å². The quantitative estimate of drug-likeness (QED) is 0.878. The topological polar surface area (TPSA) is 53.9 Å². The highest BCUT2D eigenvalue weighted by Gasteiger charge is 2.18. The van der Waals surface area contributed by atoms with E-state index < -0.39 is 0 Å². The van der Waals surface area contributed by atoms with Crippen LogP contribution in [0.4, 0.5) is 5.82 Å². The van der Waals surface area contributed by atoms with Gasteiger partial charge in [0.2, 0.25) is 5.28 Å². The predicted molar refractivity (Wildman–Crippen MR) is 64.0 cm³/mol. The molecule has 5 nitrogen and oxygen atoms in total. The minimum Gasteiger partial charge on any atom is -0.365 e. The van der Waals surface area contributed by atoms with Gasteiger partial charge in [-0.3, -0.25) is 0 Å². The normalized spacial score (nSPS) is 18.7. The molecule has 1 aliphatic heterocycles. The van der Waals surface area contributed by atoms with Crippen LogP contribution in [0.25, 0.3) is 0 Å². The molecule has 0 unspecified atom stereocenters. The minimum absolute atomic E-state index is 0.111. The largest absolute Gasteiger partial charge is 0.365 e. The Bertz CT molecular complexity index is 365. The van der Waals surface area contributed by atoms with Gasteiger partial charge in [-0.1, -0.05) is 11.6 Å². The van der Waals surface area contributed by atoms with Gasteiger partial charge in [-0.05, 0) is 44.6 Å². The van der Waals surface area contributed by atoms with Crippen molar-refractivity contribution in [1.82, 2.24) is 20.1 Å². The van der Waals surface area contributed by atoms with Gasteiger partial charge in [0.15, 0.2) is 11.0 Å². The van der Waals surface area contributed by atoms with Gasteiger partial charge in [0.25, 0.3) is 0 Å². The van der Waals surface area contributed by atoms with Crippen LogP contribution in [0.5, 0.6) is 0 Å². The molecule has 1 aromatic rings. The fraction of sp³-hybridized carbons (Fsp3) is 0.667.